The van der Waals surface area contributed by atoms with E-state index in [4.69, 9.17) is 4.74 Å². The highest BCUT2D eigenvalue weighted by molar-refractivity contribution is 5.05. The second-order valence-electron chi connectivity index (χ2n) is 14.4. The summed E-state index contributed by atoms with van der Waals surface area (Å²) in [5, 5.41) is 11.5. The molecule has 1 aliphatic rings. The molecule has 39 heavy (non-hydrogen) atoms. The van der Waals surface area contributed by atoms with Crippen molar-refractivity contribution in [3.05, 3.63) is 24.8 Å². The molecule has 1 N–H and O–H groups in total. The zero-order valence-electron chi connectivity index (χ0n) is 28.2. The molecule has 1 heterocycles. The number of aliphatic hydroxyl groups excluding tert-OH is 1. The Morgan fingerprint density at radius 2 is 1.69 bits per heavy atom. The minimum absolute atomic E-state index is 0.0622. The fourth-order valence-corrected chi connectivity index (χ4v) is 6.97. The molecule has 6 unspecified atom stereocenters. The fourth-order valence-electron chi connectivity index (χ4n) is 6.97. The molecule has 1 aliphatic heterocycles. The van der Waals surface area contributed by atoms with Crippen molar-refractivity contribution in [2.24, 2.45) is 35.0 Å². The van der Waals surface area contributed by atoms with Gasteiger partial charge in [-0.25, -0.2) is 0 Å². The number of hydrogen-bond acceptors (Lipinski definition) is 4. The number of rotatable bonds is 18. The Bertz CT molecular complexity index is 723. The highest BCUT2D eigenvalue weighted by Gasteiger charge is 2.43. The summed E-state index contributed by atoms with van der Waals surface area (Å²) in [5.74, 6) is 1.76. The summed E-state index contributed by atoms with van der Waals surface area (Å²) in [6.45, 7) is 30.1. The molecule has 0 aromatic carbocycles. The minimum atomic E-state index is -0.434. The summed E-state index contributed by atoms with van der Waals surface area (Å²) in [6.07, 6.45) is 10.2. The van der Waals surface area contributed by atoms with Crippen LogP contribution in [0.25, 0.3) is 0 Å². The molecule has 0 amide bonds. The molecule has 1 saturated heterocycles. The molecule has 0 spiro atoms. The molecule has 0 aliphatic carbocycles. The molecule has 0 aromatic heterocycles. The van der Waals surface area contributed by atoms with Crippen molar-refractivity contribution in [2.45, 2.75) is 138 Å². The van der Waals surface area contributed by atoms with Crippen molar-refractivity contribution in [3.63, 3.8) is 0 Å². The Balaban J connectivity index is 3.15. The first-order valence-corrected chi connectivity index (χ1v) is 16.0. The average Bonchev–Trinajstić information content (AvgIpc) is 2.87. The summed E-state index contributed by atoms with van der Waals surface area (Å²) in [7, 11) is 6.67. The second-order valence-corrected chi connectivity index (χ2v) is 14.4. The van der Waals surface area contributed by atoms with E-state index >= 15 is 0 Å². The van der Waals surface area contributed by atoms with E-state index in [1.165, 1.54) is 19.3 Å². The van der Waals surface area contributed by atoms with Gasteiger partial charge in [0, 0.05) is 24.5 Å². The molecule has 0 saturated carbocycles. The van der Waals surface area contributed by atoms with Gasteiger partial charge in [0.25, 0.3) is 0 Å². The maximum Gasteiger partial charge on any atom is 0.0631 e. The summed E-state index contributed by atoms with van der Waals surface area (Å²) in [5.41, 5.74) is 0.942. The topological polar surface area (TPSA) is 35.9 Å². The third kappa shape index (κ3) is 11.3. The molecule has 1 rings (SSSR count). The second kappa shape index (κ2) is 16.7. The van der Waals surface area contributed by atoms with Crippen LogP contribution in [0.1, 0.15) is 107 Å². The number of hydrogen-bond donors (Lipinski definition) is 1. The predicted molar refractivity (Wildman–Crippen MR) is 171 cm³/mol. The summed E-state index contributed by atoms with van der Waals surface area (Å²) in [6, 6.07) is 1.12. The molecule has 11 atom stereocenters. The standard InChI is InChI=1S/C35H68N2O2/c1-15-25(5)17-18-27(7)37(14)23-26(6)22-35(11,16-2)33(30(10)34(38)29(9)24(3)4)21-32-20-31(36(12)13)19-28(8)39-32/h16,25-34,38H,2-3,15,17-23H2,1,4-14H3/t25-,26-,27?,28?,29?,30?,31?,32?,33-,34-,35-/m1/s1. The molecular formula is C35H68N2O2. The van der Waals surface area contributed by atoms with Crippen LogP contribution in [0, 0.1) is 35.0 Å². The van der Waals surface area contributed by atoms with Crippen LogP contribution in [-0.4, -0.2) is 73.0 Å². The largest absolute Gasteiger partial charge is 0.392 e. The molecule has 0 aromatic rings. The summed E-state index contributed by atoms with van der Waals surface area (Å²) in [4.78, 5) is 4.91. The normalized spacial score (nSPS) is 27.3. The highest BCUT2D eigenvalue weighted by atomic mass is 16.5. The van der Waals surface area contributed by atoms with Gasteiger partial charge in [-0.15, -0.1) is 6.58 Å². The van der Waals surface area contributed by atoms with E-state index in [-0.39, 0.29) is 35.4 Å². The van der Waals surface area contributed by atoms with Gasteiger partial charge in [0.2, 0.25) is 0 Å². The van der Waals surface area contributed by atoms with Crippen molar-refractivity contribution in [2.75, 3.05) is 27.7 Å². The lowest BCUT2D eigenvalue weighted by Gasteiger charge is -2.47. The van der Waals surface area contributed by atoms with Crippen molar-refractivity contribution in [1.29, 1.82) is 0 Å². The lowest BCUT2D eigenvalue weighted by molar-refractivity contribution is -0.0939. The molecule has 230 valence electrons. The lowest BCUT2D eigenvalue weighted by Crippen LogP contribution is -2.46. The third-order valence-corrected chi connectivity index (χ3v) is 10.5. The van der Waals surface area contributed by atoms with E-state index in [1.54, 1.807) is 0 Å². The van der Waals surface area contributed by atoms with Crippen LogP contribution in [0.5, 0.6) is 0 Å². The van der Waals surface area contributed by atoms with E-state index in [2.05, 4.69) is 106 Å². The van der Waals surface area contributed by atoms with Gasteiger partial charge in [-0.3, -0.25) is 0 Å². The number of allylic oxidation sites excluding steroid dienone is 1. The van der Waals surface area contributed by atoms with Crippen molar-refractivity contribution in [1.82, 2.24) is 9.80 Å². The first-order chi connectivity index (χ1) is 18.1. The Morgan fingerprint density at radius 3 is 2.21 bits per heavy atom. The van der Waals surface area contributed by atoms with Crippen molar-refractivity contribution < 1.29 is 9.84 Å². The zero-order chi connectivity index (χ0) is 30.1. The number of aliphatic hydroxyl groups is 1. The Labute approximate surface area is 244 Å². The van der Waals surface area contributed by atoms with Gasteiger partial charge in [-0.2, -0.15) is 0 Å². The molecule has 0 radical (unpaired) electrons. The van der Waals surface area contributed by atoms with Crippen molar-refractivity contribution >= 4 is 0 Å². The maximum absolute atomic E-state index is 11.5. The fraction of sp³-hybridized carbons (Fsp3) is 0.886. The van der Waals surface area contributed by atoms with E-state index in [9.17, 15) is 5.11 Å². The van der Waals surface area contributed by atoms with E-state index in [0.29, 0.717) is 18.0 Å². The van der Waals surface area contributed by atoms with Gasteiger partial charge in [0.1, 0.15) is 0 Å². The van der Waals surface area contributed by atoms with Gasteiger partial charge in [0.05, 0.1) is 18.3 Å². The Hall–Kier alpha value is -0.680. The Kier molecular flexibility index (Phi) is 15.5. The van der Waals surface area contributed by atoms with Gasteiger partial charge in [0.15, 0.2) is 0 Å². The molecule has 0 bridgehead atoms. The molecular weight excluding hydrogens is 480 g/mol. The van der Waals surface area contributed by atoms with Gasteiger partial charge < -0.3 is 19.6 Å². The van der Waals surface area contributed by atoms with Crippen LogP contribution >= 0.6 is 0 Å². The van der Waals surface area contributed by atoms with Crippen LogP contribution in [-0.2, 0) is 4.74 Å². The van der Waals surface area contributed by atoms with Crippen LogP contribution < -0.4 is 0 Å². The van der Waals surface area contributed by atoms with Gasteiger partial charge >= 0.3 is 0 Å². The number of ether oxygens (including phenoxy) is 1. The maximum atomic E-state index is 11.5. The minimum Gasteiger partial charge on any atom is -0.392 e. The third-order valence-electron chi connectivity index (χ3n) is 10.5. The highest BCUT2D eigenvalue weighted by Crippen LogP contribution is 2.46. The quantitative estimate of drug-likeness (QED) is 0.176. The van der Waals surface area contributed by atoms with Crippen LogP contribution in [0.15, 0.2) is 24.8 Å². The number of nitrogens with zero attached hydrogens (tertiary/aromatic N) is 2. The lowest BCUT2D eigenvalue weighted by atomic mass is 9.62. The average molecular weight is 549 g/mol. The molecule has 4 nitrogen and oxygen atoms in total. The van der Waals surface area contributed by atoms with Crippen molar-refractivity contribution in [3.8, 4) is 0 Å². The summed E-state index contributed by atoms with van der Waals surface area (Å²) >= 11 is 0. The first-order valence-electron chi connectivity index (χ1n) is 16.0. The smallest absolute Gasteiger partial charge is 0.0631 e. The zero-order valence-corrected chi connectivity index (χ0v) is 28.2. The predicted octanol–water partition coefficient (Wildman–Crippen LogP) is 8.06. The van der Waals surface area contributed by atoms with Gasteiger partial charge in [-0.1, -0.05) is 66.2 Å². The van der Waals surface area contributed by atoms with E-state index < -0.39 is 6.10 Å². The molecule has 4 heteroatoms. The van der Waals surface area contributed by atoms with Crippen LogP contribution in [0.3, 0.4) is 0 Å². The van der Waals surface area contributed by atoms with Gasteiger partial charge in [-0.05, 0) is 110 Å². The molecule has 1 fully saturated rings. The summed E-state index contributed by atoms with van der Waals surface area (Å²) < 4.78 is 6.56. The van der Waals surface area contributed by atoms with Crippen LogP contribution in [0.2, 0.25) is 0 Å². The van der Waals surface area contributed by atoms with E-state index in [1.807, 2.05) is 6.92 Å². The monoisotopic (exact) mass is 549 g/mol. The Morgan fingerprint density at radius 1 is 1.08 bits per heavy atom. The van der Waals surface area contributed by atoms with E-state index in [0.717, 1.165) is 43.7 Å². The van der Waals surface area contributed by atoms with Crippen LogP contribution in [0.4, 0.5) is 0 Å². The first kappa shape index (κ1) is 36.3. The SMILES string of the molecule is C=C[C@](C)(C[C@@H](C)CN(C)C(C)CC[C@H](C)CC)[C@H](CC1CC(N(C)C)CC(C)O1)C(C)[C@H](O)C(C)C(=C)C.